The zero-order valence-corrected chi connectivity index (χ0v) is 13.8. The number of ether oxygens (including phenoxy) is 2. The van der Waals surface area contributed by atoms with Crippen molar-refractivity contribution in [3.8, 4) is 11.8 Å². The van der Waals surface area contributed by atoms with Crippen molar-refractivity contribution in [1.29, 1.82) is 5.26 Å². The van der Waals surface area contributed by atoms with Crippen LogP contribution in [0.5, 0.6) is 5.75 Å². The Bertz CT molecular complexity index is 665. The lowest BCUT2D eigenvalue weighted by Gasteiger charge is -2.38. The first-order valence-corrected chi connectivity index (χ1v) is 7.86. The van der Waals surface area contributed by atoms with Gasteiger partial charge in [-0.3, -0.25) is 0 Å². The van der Waals surface area contributed by atoms with E-state index in [2.05, 4.69) is 11.1 Å². The van der Waals surface area contributed by atoms with E-state index in [1.54, 1.807) is 17.2 Å². The number of fused-ring (bicyclic) bond motifs is 1. The van der Waals surface area contributed by atoms with Crippen LogP contribution in [0.3, 0.4) is 0 Å². The smallest absolute Gasteiger partial charge is 0.410 e. The minimum absolute atomic E-state index is 0.267. The maximum atomic E-state index is 12.1. The first kappa shape index (κ1) is 15.6. The molecule has 3 rings (SSSR count). The zero-order valence-electron chi connectivity index (χ0n) is 13.8. The van der Waals surface area contributed by atoms with E-state index >= 15 is 0 Å². The molecule has 6 nitrogen and oxygen atoms in total. The molecule has 1 amide bonds. The lowest BCUT2D eigenvalue weighted by atomic mass is 9.87. The molecule has 0 unspecified atom stereocenters. The molecule has 0 aromatic carbocycles. The van der Waals surface area contributed by atoms with Crippen molar-refractivity contribution in [2.45, 2.75) is 51.2 Å². The SMILES string of the molecule is CC(C)(C)OC(=O)N1CCC2(CC1)Cc1cc(C#N)ncc1O2. The molecule has 6 heteroatoms. The van der Waals surface area contributed by atoms with Gasteiger partial charge in [0.1, 0.15) is 28.7 Å². The molecule has 1 saturated heterocycles. The van der Waals surface area contributed by atoms with Gasteiger partial charge >= 0.3 is 6.09 Å². The van der Waals surface area contributed by atoms with Crippen LogP contribution in [0.1, 0.15) is 44.9 Å². The molecule has 0 N–H and O–H groups in total. The molecule has 2 aliphatic rings. The summed E-state index contributed by atoms with van der Waals surface area (Å²) < 4.78 is 11.5. The third-order valence-corrected chi connectivity index (χ3v) is 4.23. The molecule has 23 heavy (non-hydrogen) atoms. The highest BCUT2D eigenvalue weighted by Gasteiger charge is 2.43. The van der Waals surface area contributed by atoms with E-state index in [4.69, 9.17) is 14.7 Å². The van der Waals surface area contributed by atoms with Gasteiger partial charge in [0, 0.05) is 37.9 Å². The second-order valence-electron chi connectivity index (χ2n) is 7.22. The molecule has 1 aromatic rings. The predicted octanol–water partition coefficient (Wildman–Crippen LogP) is 2.66. The number of pyridine rings is 1. The lowest BCUT2D eigenvalue weighted by molar-refractivity contribution is -0.00894. The molecule has 3 heterocycles. The Morgan fingerprint density at radius 2 is 2.13 bits per heavy atom. The van der Waals surface area contributed by atoms with Gasteiger partial charge in [0.15, 0.2) is 0 Å². The third kappa shape index (κ3) is 3.24. The Hall–Kier alpha value is -2.29. The van der Waals surface area contributed by atoms with Gasteiger partial charge in [-0.25, -0.2) is 9.78 Å². The third-order valence-electron chi connectivity index (χ3n) is 4.23. The lowest BCUT2D eigenvalue weighted by Crippen LogP contribution is -2.50. The first-order valence-electron chi connectivity index (χ1n) is 7.86. The van der Waals surface area contributed by atoms with Gasteiger partial charge < -0.3 is 14.4 Å². The standard InChI is InChI=1S/C17H21N3O3/c1-16(2,3)23-15(21)20-6-4-17(5-7-20)9-12-8-13(10-18)19-11-14(12)22-17/h8,11H,4-7,9H2,1-3H3. The van der Waals surface area contributed by atoms with Gasteiger partial charge in [-0.2, -0.15) is 5.26 Å². The van der Waals surface area contributed by atoms with Gasteiger partial charge in [-0.05, 0) is 26.8 Å². The fraction of sp³-hybridized carbons (Fsp3) is 0.588. The number of aromatic nitrogens is 1. The number of amides is 1. The van der Waals surface area contributed by atoms with E-state index in [1.165, 1.54) is 0 Å². The Kier molecular flexibility index (Phi) is 3.67. The molecular formula is C17H21N3O3. The monoisotopic (exact) mass is 315 g/mol. The summed E-state index contributed by atoms with van der Waals surface area (Å²) in [5, 5.41) is 8.95. The van der Waals surface area contributed by atoms with Crippen molar-refractivity contribution >= 4 is 6.09 Å². The Morgan fingerprint density at radius 3 is 2.74 bits per heavy atom. The minimum atomic E-state index is -0.480. The number of carbonyl (C=O) groups excluding carboxylic acids is 1. The topological polar surface area (TPSA) is 75.5 Å². The number of nitrogens with zero attached hydrogens (tertiary/aromatic N) is 3. The van der Waals surface area contributed by atoms with Crippen LogP contribution in [0.15, 0.2) is 12.3 Å². The van der Waals surface area contributed by atoms with Crippen LogP contribution in [-0.2, 0) is 11.2 Å². The summed E-state index contributed by atoms with van der Waals surface area (Å²) in [5.74, 6) is 0.759. The first-order chi connectivity index (χ1) is 10.8. The Morgan fingerprint density at radius 1 is 1.43 bits per heavy atom. The van der Waals surface area contributed by atoms with Crippen LogP contribution >= 0.6 is 0 Å². The van der Waals surface area contributed by atoms with Gasteiger partial charge in [-0.15, -0.1) is 0 Å². The van der Waals surface area contributed by atoms with Gasteiger partial charge in [-0.1, -0.05) is 0 Å². The van der Waals surface area contributed by atoms with Gasteiger partial charge in [0.2, 0.25) is 0 Å². The van der Waals surface area contributed by atoms with Crippen molar-refractivity contribution in [2.75, 3.05) is 13.1 Å². The predicted molar refractivity (Wildman–Crippen MR) is 83.1 cm³/mol. The maximum absolute atomic E-state index is 12.1. The van der Waals surface area contributed by atoms with Crippen LogP contribution in [0, 0.1) is 11.3 Å². The molecule has 1 fully saturated rings. The number of piperidine rings is 1. The molecule has 1 aromatic heterocycles. The second kappa shape index (κ2) is 5.41. The molecular weight excluding hydrogens is 294 g/mol. The van der Waals surface area contributed by atoms with Crippen molar-refractivity contribution in [3.63, 3.8) is 0 Å². The fourth-order valence-corrected chi connectivity index (χ4v) is 3.09. The van der Waals surface area contributed by atoms with Crippen LogP contribution in [-0.4, -0.2) is 40.3 Å². The Labute approximate surface area is 136 Å². The normalized spacial score (nSPS) is 19.0. The van der Waals surface area contributed by atoms with E-state index in [0.29, 0.717) is 18.8 Å². The number of nitriles is 1. The largest absolute Gasteiger partial charge is 0.485 e. The molecule has 0 bridgehead atoms. The Balaban J connectivity index is 1.64. The highest BCUT2D eigenvalue weighted by atomic mass is 16.6. The van der Waals surface area contributed by atoms with E-state index in [9.17, 15) is 4.79 Å². The van der Waals surface area contributed by atoms with E-state index in [0.717, 1.165) is 30.6 Å². The molecule has 1 spiro atoms. The van der Waals surface area contributed by atoms with Crippen LogP contribution in [0.25, 0.3) is 0 Å². The van der Waals surface area contributed by atoms with E-state index < -0.39 is 5.60 Å². The molecule has 0 atom stereocenters. The van der Waals surface area contributed by atoms with E-state index in [1.807, 2.05) is 20.8 Å². The van der Waals surface area contributed by atoms with Crippen LogP contribution in [0.4, 0.5) is 4.79 Å². The number of hydrogen-bond acceptors (Lipinski definition) is 5. The van der Waals surface area contributed by atoms with Gasteiger partial charge in [0.05, 0.1) is 6.20 Å². The fourth-order valence-electron chi connectivity index (χ4n) is 3.09. The summed E-state index contributed by atoms with van der Waals surface area (Å²) in [6.45, 7) is 6.83. The number of rotatable bonds is 0. The molecule has 0 radical (unpaired) electrons. The highest BCUT2D eigenvalue weighted by molar-refractivity contribution is 5.68. The van der Waals surface area contributed by atoms with Crippen molar-refractivity contribution in [1.82, 2.24) is 9.88 Å². The number of hydrogen-bond donors (Lipinski definition) is 0. The van der Waals surface area contributed by atoms with Crippen LogP contribution in [0.2, 0.25) is 0 Å². The summed E-state index contributed by atoms with van der Waals surface area (Å²) in [6, 6.07) is 3.85. The molecule has 2 aliphatic heterocycles. The summed E-state index contributed by atoms with van der Waals surface area (Å²) in [5.41, 5.74) is 0.681. The van der Waals surface area contributed by atoms with Crippen LogP contribution < -0.4 is 4.74 Å². The zero-order chi connectivity index (χ0) is 16.7. The number of carbonyl (C=O) groups is 1. The van der Waals surface area contributed by atoms with Crippen molar-refractivity contribution < 1.29 is 14.3 Å². The summed E-state index contributed by atoms with van der Waals surface area (Å²) in [6.07, 6.45) is 3.63. The average molecular weight is 315 g/mol. The maximum Gasteiger partial charge on any atom is 0.410 e. The molecule has 0 saturated carbocycles. The van der Waals surface area contributed by atoms with Crippen molar-refractivity contribution in [2.24, 2.45) is 0 Å². The summed E-state index contributed by atoms with van der Waals surface area (Å²) in [4.78, 5) is 17.9. The average Bonchev–Trinajstić information content (AvgIpc) is 2.82. The molecule has 122 valence electrons. The van der Waals surface area contributed by atoms with Gasteiger partial charge in [0.25, 0.3) is 0 Å². The minimum Gasteiger partial charge on any atom is -0.485 e. The summed E-state index contributed by atoms with van der Waals surface area (Å²) in [7, 11) is 0. The number of likely N-dealkylation sites (tertiary alicyclic amines) is 1. The quantitative estimate of drug-likeness (QED) is 0.735. The second-order valence-corrected chi connectivity index (χ2v) is 7.22. The summed E-state index contributed by atoms with van der Waals surface area (Å²) >= 11 is 0. The highest BCUT2D eigenvalue weighted by Crippen LogP contribution is 2.40. The van der Waals surface area contributed by atoms with E-state index in [-0.39, 0.29) is 11.7 Å². The van der Waals surface area contributed by atoms with Crippen molar-refractivity contribution in [3.05, 3.63) is 23.5 Å². The molecule has 0 aliphatic carbocycles.